The summed E-state index contributed by atoms with van der Waals surface area (Å²) in [6.45, 7) is 3.11. The lowest BCUT2D eigenvalue weighted by molar-refractivity contribution is -0.301. The zero-order valence-corrected chi connectivity index (χ0v) is 4.56. The summed E-state index contributed by atoms with van der Waals surface area (Å²) in [6.07, 6.45) is 1.47. The Kier molecular flexibility index (Phi) is 3.24. The van der Waals surface area contributed by atoms with E-state index in [1.165, 1.54) is 13.0 Å². The van der Waals surface area contributed by atoms with Gasteiger partial charge in [-0.25, -0.2) is 6.08 Å². The van der Waals surface area contributed by atoms with Gasteiger partial charge in [0.2, 0.25) is 0 Å². The summed E-state index contributed by atoms with van der Waals surface area (Å²) in [7, 11) is 1.75. The molecule has 0 aliphatic carbocycles. The van der Waals surface area contributed by atoms with Crippen LogP contribution in [0.4, 0.5) is 0 Å². The van der Waals surface area contributed by atoms with Gasteiger partial charge in [-0.1, -0.05) is 0 Å². The predicted molar refractivity (Wildman–Crippen MR) is 27.1 cm³/mol. The van der Waals surface area contributed by atoms with Gasteiger partial charge in [0.1, 0.15) is 0 Å². The highest BCUT2D eigenvalue weighted by molar-refractivity contribution is 4.93. The molecule has 0 saturated carbocycles. The lowest BCUT2D eigenvalue weighted by Gasteiger charge is -2.13. The van der Waals surface area contributed by atoms with Crippen LogP contribution in [0.25, 0.3) is 0 Å². The molecule has 0 aromatic heterocycles. The molecule has 0 spiro atoms. The van der Waals surface area contributed by atoms with Crippen molar-refractivity contribution in [3.8, 4) is 0 Å². The fourth-order valence-corrected chi connectivity index (χ4v) is 0.201. The minimum absolute atomic E-state index is 0.0642. The van der Waals surface area contributed by atoms with E-state index >= 15 is 0 Å². The van der Waals surface area contributed by atoms with Gasteiger partial charge in [0.15, 0.2) is 0 Å². The van der Waals surface area contributed by atoms with Crippen LogP contribution < -0.4 is 10.4 Å². The molecule has 0 saturated heterocycles. The first kappa shape index (κ1) is 6.37. The van der Waals surface area contributed by atoms with Gasteiger partial charge in [0, 0.05) is 0 Å². The van der Waals surface area contributed by atoms with E-state index in [0.717, 1.165) is 0 Å². The molecule has 42 valence electrons. The van der Waals surface area contributed by atoms with Gasteiger partial charge in [-0.05, 0) is 7.05 Å². The van der Waals surface area contributed by atoms with E-state index in [4.69, 9.17) is 0 Å². The zero-order chi connectivity index (χ0) is 5.70. The Balaban J connectivity index is 3.08. The van der Waals surface area contributed by atoms with Crippen LogP contribution in [0.2, 0.25) is 0 Å². The van der Waals surface area contributed by atoms with Crippen LogP contribution in [0.1, 0.15) is 6.92 Å². The molecule has 7 heavy (non-hydrogen) atoms. The Bertz CT molecular complexity index is 64.5. The topological polar surface area (TPSA) is 35.1 Å². The van der Waals surface area contributed by atoms with Crippen molar-refractivity contribution in [1.82, 2.24) is 5.32 Å². The van der Waals surface area contributed by atoms with Crippen LogP contribution in [0, 0.1) is 6.54 Å². The highest BCUT2D eigenvalue weighted by atomic mass is 16.3. The minimum atomic E-state index is 0.0642. The molecule has 0 bridgehead atoms. The van der Waals surface area contributed by atoms with Crippen LogP contribution in [-0.2, 0) is 0 Å². The Morgan fingerprint density at radius 3 is 2.57 bits per heavy atom. The third-order valence-corrected chi connectivity index (χ3v) is 0.485. The van der Waals surface area contributed by atoms with Crippen LogP contribution in [0.5, 0.6) is 0 Å². The smallest absolute Gasteiger partial charge is 0.0290 e. The van der Waals surface area contributed by atoms with Gasteiger partial charge in [-0.2, -0.15) is 6.54 Å². The quantitative estimate of drug-likeness (QED) is 0.378. The fourth-order valence-electron chi connectivity index (χ4n) is 0.201. The molecule has 0 radical (unpaired) electrons. The number of rotatable bonds is 2. The van der Waals surface area contributed by atoms with Crippen LogP contribution in [0.3, 0.4) is 0 Å². The molecule has 0 fully saturated rings. The van der Waals surface area contributed by atoms with Gasteiger partial charge >= 0.3 is 0 Å². The molecule has 0 rings (SSSR count). The van der Waals surface area contributed by atoms with Crippen LogP contribution in [0.15, 0.2) is 11.8 Å². The Morgan fingerprint density at radius 1 is 1.86 bits per heavy atom. The normalized spacial score (nSPS) is 11.4. The van der Waals surface area contributed by atoms with E-state index in [1.54, 1.807) is 13.6 Å². The maximum Gasteiger partial charge on any atom is -0.0290 e. The number of hydrogen-bond donors (Lipinski definition) is 1. The molecule has 0 aromatic carbocycles. The standard InChI is InChI=1S/C5H10NO/c1-5(7)3-4-6-2/h3-4,6-7H,1-2H3/q-1/p-1. The largest absolute Gasteiger partial charge is 0.957 e. The van der Waals surface area contributed by atoms with E-state index in [1.807, 2.05) is 0 Å². The average Bonchev–Trinajstić information content (AvgIpc) is 1.61. The number of nitrogens with one attached hydrogen (secondary N) is 1. The lowest BCUT2D eigenvalue weighted by Crippen LogP contribution is -2.03. The first-order chi connectivity index (χ1) is 3.27. The van der Waals surface area contributed by atoms with E-state index in [-0.39, 0.29) is 5.76 Å². The average molecular weight is 99.1 g/mol. The van der Waals surface area contributed by atoms with Gasteiger partial charge in [-0.15, -0.1) is 6.92 Å². The summed E-state index contributed by atoms with van der Waals surface area (Å²) in [4.78, 5) is 0. The van der Waals surface area contributed by atoms with E-state index in [9.17, 15) is 5.11 Å². The van der Waals surface area contributed by atoms with Crippen LogP contribution >= 0.6 is 0 Å². The molecule has 2 nitrogen and oxygen atoms in total. The summed E-state index contributed by atoms with van der Waals surface area (Å²) < 4.78 is 0. The highest BCUT2D eigenvalue weighted by Crippen LogP contribution is 1.77. The minimum Gasteiger partial charge on any atom is -0.957 e. The van der Waals surface area contributed by atoms with E-state index < -0.39 is 0 Å². The Hall–Kier alpha value is -0.630. The second-order valence-corrected chi connectivity index (χ2v) is 1.23. The third-order valence-electron chi connectivity index (χ3n) is 0.485. The van der Waals surface area contributed by atoms with Crippen molar-refractivity contribution in [2.75, 3.05) is 7.05 Å². The first-order valence-electron chi connectivity index (χ1n) is 2.11. The Morgan fingerprint density at radius 2 is 2.43 bits per heavy atom. The molecule has 0 unspecified atom stereocenters. The van der Waals surface area contributed by atoms with Crippen molar-refractivity contribution in [3.63, 3.8) is 0 Å². The van der Waals surface area contributed by atoms with Crippen molar-refractivity contribution < 1.29 is 5.11 Å². The van der Waals surface area contributed by atoms with Crippen molar-refractivity contribution in [1.29, 1.82) is 0 Å². The van der Waals surface area contributed by atoms with Gasteiger partial charge < -0.3 is 16.2 Å². The van der Waals surface area contributed by atoms with Gasteiger partial charge in [0.25, 0.3) is 0 Å². The second kappa shape index (κ2) is 3.56. The summed E-state index contributed by atoms with van der Waals surface area (Å²) >= 11 is 0. The number of hydrogen-bond acceptors (Lipinski definition) is 2. The van der Waals surface area contributed by atoms with Gasteiger partial charge in [-0.3, -0.25) is 0 Å². The Labute approximate surface area is 43.9 Å². The van der Waals surface area contributed by atoms with Crippen molar-refractivity contribution in [3.05, 3.63) is 18.4 Å². The number of allylic oxidation sites excluding steroid dienone is 1. The molecule has 2 heteroatoms. The summed E-state index contributed by atoms with van der Waals surface area (Å²) in [5, 5.41) is 12.8. The lowest BCUT2D eigenvalue weighted by atomic mass is 10.5. The number of likely N-dealkylation sites (N-methyl/N-ethyl adjacent to an activating group) is 1. The molecular weight excluding hydrogens is 90.1 g/mol. The van der Waals surface area contributed by atoms with E-state index in [2.05, 4.69) is 5.32 Å². The maximum atomic E-state index is 10.1. The summed E-state index contributed by atoms with van der Waals surface area (Å²) in [5.74, 6) is 0.0642. The van der Waals surface area contributed by atoms with E-state index in [0.29, 0.717) is 0 Å². The SMILES string of the molecule is CN[CH-]C=C(C)[O-]. The summed E-state index contributed by atoms with van der Waals surface area (Å²) in [5.41, 5.74) is 0. The zero-order valence-electron chi connectivity index (χ0n) is 4.56. The molecule has 0 amide bonds. The first-order valence-corrected chi connectivity index (χ1v) is 2.11. The molecule has 0 aliphatic rings. The van der Waals surface area contributed by atoms with Crippen molar-refractivity contribution in [2.45, 2.75) is 6.92 Å². The molecule has 0 aromatic rings. The van der Waals surface area contributed by atoms with Gasteiger partial charge in [0.05, 0.1) is 0 Å². The molecule has 0 atom stereocenters. The molecule has 0 heterocycles. The third kappa shape index (κ3) is 5.37. The maximum absolute atomic E-state index is 10.1. The predicted octanol–water partition coefficient (Wildman–Crippen LogP) is -0.368. The summed E-state index contributed by atoms with van der Waals surface area (Å²) in [6, 6.07) is 0. The van der Waals surface area contributed by atoms with Crippen molar-refractivity contribution >= 4 is 0 Å². The van der Waals surface area contributed by atoms with Crippen molar-refractivity contribution in [2.24, 2.45) is 0 Å². The highest BCUT2D eigenvalue weighted by Gasteiger charge is 1.52. The molecule has 1 N–H and O–H groups in total. The van der Waals surface area contributed by atoms with Crippen LogP contribution in [-0.4, -0.2) is 7.05 Å². The fraction of sp³-hybridized carbons (Fsp3) is 0.400. The molecular formula is C5H9NO-2. The molecule has 0 aliphatic heterocycles. The monoisotopic (exact) mass is 99.1 g/mol. The second-order valence-electron chi connectivity index (χ2n) is 1.23.